The minimum Gasteiger partial charge on any atom is -0.458 e. The lowest BCUT2D eigenvalue weighted by Gasteiger charge is -2.32. The number of nitrogens with zero attached hydrogens (tertiary/aromatic N) is 3. The molecule has 1 aromatic carbocycles. The van der Waals surface area contributed by atoms with E-state index in [1.54, 1.807) is 11.8 Å². The van der Waals surface area contributed by atoms with Crippen molar-refractivity contribution in [2.24, 2.45) is 0 Å². The number of amides is 1. The van der Waals surface area contributed by atoms with E-state index in [1.165, 1.54) is 17.3 Å². The third-order valence-corrected chi connectivity index (χ3v) is 5.14. The number of ether oxygens (including phenoxy) is 1. The quantitative estimate of drug-likeness (QED) is 0.719. The van der Waals surface area contributed by atoms with E-state index in [-0.39, 0.29) is 12.0 Å². The number of benzene rings is 1. The number of thioether (sulfide) groups is 1. The first-order valence-electron chi connectivity index (χ1n) is 8.30. The highest BCUT2D eigenvalue weighted by atomic mass is 35.5. The third kappa shape index (κ3) is 5.61. The standard InChI is InChI=1S/C18H20ClN3O2S/c19-14-11-20-18(21-12-14)24-15-5-4-9-22(13-15)17(23)8-10-25-16-6-2-1-3-7-16/h1-3,6-7,11-12,15H,4-5,8-10,13H2/t15-/m0/s1. The van der Waals surface area contributed by atoms with Crippen molar-refractivity contribution < 1.29 is 9.53 Å². The number of halogens is 1. The summed E-state index contributed by atoms with van der Waals surface area (Å²) in [5.74, 6) is 0.958. The molecule has 0 unspecified atom stereocenters. The van der Waals surface area contributed by atoms with Crippen LogP contribution in [-0.2, 0) is 4.79 Å². The van der Waals surface area contributed by atoms with Gasteiger partial charge < -0.3 is 9.64 Å². The molecule has 0 spiro atoms. The molecule has 1 aliphatic heterocycles. The SMILES string of the molecule is O=C(CCSc1ccccc1)N1CCC[C@H](Oc2ncc(Cl)cn2)C1. The normalized spacial score (nSPS) is 17.3. The fourth-order valence-electron chi connectivity index (χ4n) is 2.70. The first-order valence-corrected chi connectivity index (χ1v) is 9.67. The van der Waals surface area contributed by atoms with Gasteiger partial charge in [0.25, 0.3) is 0 Å². The predicted molar refractivity (Wildman–Crippen MR) is 99.1 cm³/mol. The molecule has 2 heterocycles. The van der Waals surface area contributed by atoms with E-state index in [2.05, 4.69) is 22.1 Å². The van der Waals surface area contributed by atoms with E-state index in [0.29, 0.717) is 24.0 Å². The Kier molecular flexibility index (Phi) is 6.53. The zero-order chi connectivity index (χ0) is 17.5. The second kappa shape index (κ2) is 9.06. The number of rotatable bonds is 6. The van der Waals surface area contributed by atoms with Crippen LogP contribution in [0.1, 0.15) is 19.3 Å². The Bertz CT molecular complexity index is 684. The molecule has 2 aromatic rings. The van der Waals surface area contributed by atoms with Gasteiger partial charge in [0, 0.05) is 23.6 Å². The lowest BCUT2D eigenvalue weighted by Crippen LogP contribution is -2.44. The van der Waals surface area contributed by atoms with Crippen molar-refractivity contribution in [3.05, 3.63) is 47.7 Å². The van der Waals surface area contributed by atoms with Crippen molar-refractivity contribution in [1.29, 1.82) is 0 Å². The van der Waals surface area contributed by atoms with Crippen molar-refractivity contribution in [2.45, 2.75) is 30.3 Å². The van der Waals surface area contributed by atoms with Crippen molar-refractivity contribution >= 4 is 29.3 Å². The summed E-state index contributed by atoms with van der Waals surface area (Å²) in [5.41, 5.74) is 0. The summed E-state index contributed by atoms with van der Waals surface area (Å²) < 4.78 is 5.78. The average Bonchev–Trinajstić information content (AvgIpc) is 2.65. The van der Waals surface area contributed by atoms with E-state index < -0.39 is 0 Å². The Morgan fingerprint density at radius 3 is 2.80 bits per heavy atom. The summed E-state index contributed by atoms with van der Waals surface area (Å²) in [6.07, 6.45) is 5.31. The van der Waals surface area contributed by atoms with Gasteiger partial charge in [0.2, 0.25) is 5.91 Å². The van der Waals surface area contributed by atoms with Crippen LogP contribution in [0.4, 0.5) is 0 Å². The molecule has 1 saturated heterocycles. The number of piperidine rings is 1. The number of likely N-dealkylation sites (tertiary alicyclic amines) is 1. The summed E-state index contributed by atoms with van der Waals surface area (Å²) >= 11 is 7.48. The summed E-state index contributed by atoms with van der Waals surface area (Å²) in [5, 5.41) is 0.476. The molecule has 0 radical (unpaired) electrons. The Morgan fingerprint density at radius 2 is 2.04 bits per heavy atom. The molecule has 25 heavy (non-hydrogen) atoms. The molecule has 1 atom stereocenters. The van der Waals surface area contributed by atoms with Gasteiger partial charge in [-0.15, -0.1) is 11.8 Å². The summed E-state index contributed by atoms with van der Waals surface area (Å²) in [4.78, 5) is 23.6. The Balaban J connectivity index is 1.45. The monoisotopic (exact) mass is 377 g/mol. The second-order valence-electron chi connectivity index (χ2n) is 5.82. The highest BCUT2D eigenvalue weighted by molar-refractivity contribution is 7.99. The number of carbonyl (C=O) groups excluding carboxylic acids is 1. The molecule has 0 aliphatic carbocycles. The van der Waals surface area contributed by atoms with Gasteiger partial charge >= 0.3 is 6.01 Å². The smallest absolute Gasteiger partial charge is 0.316 e. The van der Waals surface area contributed by atoms with Gasteiger partial charge in [0.05, 0.1) is 24.0 Å². The van der Waals surface area contributed by atoms with Gasteiger partial charge in [-0.05, 0) is 25.0 Å². The molecular weight excluding hydrogens is 358 g/mol. The first-order chi connectivity index (χ1) is 12.2. The molecule has 0 bridgehead atoms. The first kappa shape index (κ1) is 18.0. The second-order valence-corrected chi connectivity index (χ2v) is 7.42. The molecular formula is C18H20ClN3O2S. The number of hydrogen-bond acceptors (Lipinski definition) is 5. The van der Waals surface area contributed by atoms with E-state index in [4.69, 9.17) is 16.3 Å². The fourth-order valence-corrected chi connectivity index (χ4v) is 3.66. The van der Waals surface area contributed by atoms with Crippen molar-refractivity contribution in [3.8, 4) is 6.01 Å². The maximum atomic E-state index is 12.4. The van der Waals surface area contributed by atoms with Crippen LogP contribution in [0.2, 0.25) is 5.02 Å². The molecule has 1 fully saturated rings. The van der Waals surface area contributed by atoms with E-state index in [9.17, 15) is 4.79 Å². The summed E-state index contributed by atoms with van der Waals surface area (Å²) in [6, 6.07) is 10.4. The zero-order valence-electron chi connectivity index (χ0n) is 13.8. The maximum absolute atomic E-state index is 12.4. The molecule has 1 amide bonds. The van der Waals surface area contributed by atoms with Gasteiger partial charge in [-0.25, -0.2) is 9.97 Å². The highest BCUT2D eigenvalue weighted by Crippen LogP contribution is 2.20. The zero-order valence-corrected chi connectivity index (χ0v) is 15.4. The number of aromatic nitrogens is 2. The average molecular weight is 378 g/mol. The topological polar surface area (TPSA) is 55.3 Å². The fraction of sp³-hybridized carbons (Fsp3) is 0.389. The Hall–Kier alpha value is -1.79. The number of hydrogen-bond donors (Lipinski definition) is 0. The molecule has 5 nitrogen and oxygen atoms in total. The van der Waals surface area contributed by atoms with Crippen molar-refractivity contribution in [3.63, 3.8) is 0 Å². The third-order valence-electron chi connectivity index (χ3n) is 3.93. The Morgan fingerprint density at radius 1 is 1.28 bits per heavy atom. The van der Waals surface area contributed by atoms with E-state index in [1.807, 2.05) is 23.1 Å². The van der Waals surface area contributed by atoms with Crippen LogP contribution in [0.3, 0.4) is 0 Å². The number of carbonyl (C=O) groups is 1. The van der Waals surface area contributed by atoms with Gasteiger partial charge in [-0.3, -0.25) is 4.79 Å². The van der Waals surface area contributed by atoms with Crippen LogP contribution < -0.4 is 4.74 Å². The largest absolute Gasteiger partial charge is 0.458 e. The van der Waals surface area contributed by atoms with E-state index >= 15 is 0 Å². The lowest BCUT2D eigenvalue weighted by atomic mass is 10.1. The lowest BCUT2D eigenvalue weighted by molar-refractivity contribution is -0.133. The van der Waals surface area contributed by atoms with Crippen LogP contribution in [0.25, 0.3) is 0 Å². The van der Waals surface area contributed by atoms with Gasteiger partial charge in [-0.2, -0.15) is 0 Å². The summed E-state index contributed by atoms with van der Waals surface area (Å²) in [7, 11) is 0. The van der Waals surface area contributed by atoms with Gasteiger partial charge in [-0.1, -0.05) is 29.8 Å². The van der Waals surface area contributed by atoms with Crippen LogP contribution >= 0.6 is 23.4 Å². The Labute approximate surface area is 156 Å². The van der Waals surface area contributed by atoms with E-state index in [0.717, 1.165) is 25.1 Å². The molecule has 132 valence electrons. The minimum absolute atomic E-state index is 0.0688. The molecule has 7 heteroatoms. The maximum Gasteiger partial charge on any atom is 0.316 e. The minimum atomic E-state index is -0.0688. The van der Waals surface area contributed by atoms with Crippen LogP contribution in [0.15, 0.2) is 47.6 Å². The van der Waals surface area contributed by atoms with Gasteiger partial charge in [0.15, 0.2) is 0 Å². The predicted octanol–water partition coefficient (Wildman–Crippen LogP) is 3.68. The molecule has 1 aliphatic rings. The molecule has 1 aromatic heterocycles. The molecule has 0 saturated carbocycles. The van der Waals surface area contributed by atoms with Crippen LogP contribution in [0.5, 0.6) is 6.01 Å². The van der Waals surface area contributed by atoms with Crippen molar-refractivity contribution in [2.75, 3.05) is 18.8 Å². The van der Waals surface area contributed by atoms with Crippen molar-refractivity contribution in [1.82, 2.24) is 14.9 Å². The van der Waals surface area contributed by atoms with Gasteiger partial charge in [0.1, 0.15) is 6.10 Å². The molecule has 0 N–H and O–H groups in total. The summed E-state index contributed by atoms with van der Waals surface area (Å²) in [6.45, 7) is 1.37. The molecule has 3 rings (SSSR count). The highest BCUT2D eigenvalue weighted by Gasteiger charge is 2.25. The van der Waals surface area contributed by atoms with Crippen LogP contribution in [0, 0.1) is 0 Å². The van der Waals surface area contributed by atoms with Crippen LogP contribution in [-0.4, -0.2) is 45.7 Å².